The van der Waals surface area contributed by atoms with Crippen LogP contribution in [0.25, 0.3) is 0 Å². The fourth-order valence-corrected chi connectivity index (χ4v) is 7.18. The highest BCUT2D eigenvalue weighted by molar-refractivity contribution is 8.06. The van der Waals surface area contributed by atoms with Crippen LogP contribution in [-0.4, -0.2) is 47.8 Å². The summed E-state index contributed by atoms with van der Waals surface area (Å²) < 4.78 is 6.20. The van der Waals surface area contributed by atoms with Crippen molar-refractivity contribution in [2.45, 2.75) is 55.4 Å². The van der Waals surface area contributed by atoms with Gasteiger partial charge in [0.2, 0.25) is 0 Å². The Morgan fingerprint density at radius 2 is 2.11 bits per heavy atom. The van der Waals surface area contributed by atoms with Crippen LogP contribution >= 0.6 is 23.5 Å². The molecule has 1 spiro atoms. The maximum atomic E-state index is 6.20. The molecule has 0 radical (unpaired) electrons. The lowest BCUT2D eigenvalue weighted by Gasteiger charge is -2.43. The monoisotopic (exact) mass is 301 g/mol. The normalized spacial score (nSPS) is 36.5. The second-order valence-corrected chi connectivity index (χ2v) is 8.79. The van der Waals surface area contributed by atoms with Crippen molar-refractivity contribution in [1.29, 1.82) is 0 Å². The fourth-order valence-electron chi connectivity index (χ4n) is 4.18. The fraction of sp³-hybridized carbons (Fsp3) is 1.00. The molecule has 3 aliphatic rings. The summed E-state index contributed by atoms with van der Waals surface area (Å²) in [5, 5.41) is 4.47. The zero-order valence-electron chi connectivity index (χ0n) is 12.0. The minimum absolute atomic E-state index is 0.268. The predicted molar refractivity (Wildman–Crippen MR) is 86.3 cm³/mol. The molecule has 3 fully saturated rings. The van der Waals surface area contributed by atoms with Crippen LogP contribution in [0.5, 0.6) is 0 Å². The molecule has 3 unspecified atom stereocenters. The Hall–Kier alpha value is 0.620. The molecule has 4 heteroatoms. The summed E-state index contributed by atoms with van der Waals surface area (Å²) in [6.07, 6.45) is 7.95. The Bertz CT molecular complexity index is 288. The summed E-state index contributed by atoms with van der Waals surface area (Å²) in [6.45, 7) is 0.993. The quantitative estimate of drug-likeness (QED) is 0.864. The third-order valence-corrected chi connectivity index (χ3v) is 8.01. The zero-order chi connectivity index (χ0) is 13.1. The van der Waals surface area contributed by atoms with Crippen LogP contribution in [0.15, 0.2) is 0 Å². The summed E-state index contributed by atoms with van der Waals surface area (Å²) in [5.41, 5.74) is 0.268. The highest BCUT2D eigenvalue weighted by Gasteiger charge is 2.43. The zero-order valence-corrected chi connectivity index (χ0v) is 13.7. The van der Waals surface area contributed by atoms with Gasteiger partial charge in [-0.05, 0) is 38.6 Å². The average Bonchev–Trinajstić information content (AvgIpc) is 2.89. The van der Waals surface area contributed by atoms with E-state index < -0.39 is 0 Å². The van der Waals surface area contributed by atoms with Crippen LogP contribution < -0.4 is 5.32 Å². The lowest BCUT2D eigenvalue weighted by molar-refractivity contribution is -0.0973. The molecule has 19 heavy (non-hydrogen) atoms. The third kappa shape index (κ3) is 3.28. The van der Waals surface area contributed by atoms with Crippen molar-refractivity contribution >= 4 is 23.5 Å². The molecule has 2 heterocycles. The number of hydrogen-bond acceptors (Lipinski definition) is 4. The Morgan fingerprint density at radius 1 is 1.26 bits per heavy atom. The molecule has 2 nitrogen and oxygen atoms in total. The standard InChI is InChI=1S/C15H27NOS2/c1-16-14(13-11-18-8-9-19-13)12-4-7-17-15(10-12)5-2-3-6-15/h12-14,16H,2-11H2,1H3. The molecular formula is C15H27NOS2. The first kappa shape index (κ1) is 14.6. The molecule has 3 rings (SSSR count). The molecule has 2 aliphatic heterocycles. The number of hydrogen-bond donors (Lipinski definition) is 1. The first-order valence-electron chi connectivity index (χ1n) is 7.84. The number of nitrogens with one attached hydrogen (secondary N) is 1. The van der Waals surface area contributed by atoms with Gasteiger partial charge in [0, 0.05) is 35.2 Å². The largest absolute Gasteiger partial charge is 0.375 e. The van der Waals surface area contributed by atoms with E-state index in [1.54, 1.807) is 0 Å². The van der Waals surface area contributed by atoms with E-state index >= 15 is 0 Å². The van der Waals surface area contributed by atoms with Crippen molar-refractivity contribution in [2.24, 2.45) is 5.92 Å². The lowest BCUT2D eigenvalue weighted by atomic mass is 9.80. The van der Waals surface area contributed by atoms with Gasteiger partial charge in [-0.3, -0.25) is 0 Å². The number of rotatable bonds is 3. The summed E-state index contributed by atoms with van der Waals surface area (Å²) in [5.74, 6) is 4.84. The molecule has 1 aliphatic carbocycles. The minimum atomic E-state index is 0.268. The molecule has 2 saturated heterocycles. The highest BCUT2D eigenvalue weighted by atomic mass is 32.2. The van der Waals surface area contributed by atoms with E-state index in [2.05, 4.69) is 35.9 Å². The Labute approximate surface area is 126 Å². The van der Waals surface area contributed by atoms with Crippen molar-refractivity contribution in [3.05, 3.63) is 0 Å². The van der Waals surface area contributed by atoms with E-state index in [0.29, 0.717) is 6.04 Å². The maximum Gasteiger partial charge on any atom is 0.0685 e. The Kier molecular flexibility index (Phi) is 5.05. The number of thioether (sulfide) groups is 2. The van der Waals surface area contributed by atoms with Gasteiger partial charge in [-0.1, -0.05) is 12.8 Å². The molecule has 0 aromatic rings. The van der Waals surface area contributed by atoms with E-state index in [4.69, 9.17) is 4.74 Å². The SMILES string of the molecule is CNC(C1CCOC2(CCCC2)C1)C1CSCCS1. The molecule has 0 amide bonds. The van der Waals surface area contributed by atoms with Gasteiger partial charge in [0.15, 0.2) is 0 Å². The van der Waals surface area contributed by atoms with Gasteiger partial charge >= 0.3 is 0 Å². The molecular weight excluding hydrogens is 274 g/mol. The van der Waals surface area contributed by atoms with Crippen molar-refractivity contribution in [3.63, 3.8) is 0 Å². The van der Waals surface area contributed by atoms with Crippen molar-refractivity contribution < 1.29 is 4.74 Å². The Balaban J connectivity index is 1.64. The maximum absolute atomic E-state index is 6.20. The van der Waals surface area contributed by atoms with Gasteiger partial charge in [0.05, 0.1) is 5.60 Å². The number of ether oxygens (including phenoxy) is 1. The van der Waals surface area contributed by atoms with Crippen LogP contribution in [0, 0.1) is 5.92 Å². The molecule has 3 atom stereocenters. The first-order chi connectivity index (χ1) is 9.33. The predicted octanol–water partition coefficient (Wildman–Crippen LogP) is 3.16. The van der Waals surface area contributed by atoms with Gasteiger partial charge in [-0.15, -0.1) is 0 Å². The van der Waals surface area contributed by atoms with Crippen molar-refractivity contribution in [1.82, 2.24) is 5.32 Å². The third-order valence-electron chi connectivity index (χ3n) is 5.13. The van der Waals surface area contributed by atoms with E-state index in [9.17, 15) is 0 Å². The topological polar surface area (TPSA) is 21.3 Å². The van der Waals surface area contributed by atoms with Gasteiger partial charge in [-0.2, -0.15) is 23.5 Å². The van der Waals surface area contributed by atoms with Crippen LogP contribution in [-0.2, 0) is 4.74 Å². The molecule has 1 saturated carbocycles. The second-order valence-electron chi connectivity index (χ2n) is 6.29. The van der Waals surface area contributed by atoms with Crippen LogP contribution in [0.3, 0.4) is 0 Å². The first-order valence-corrected chi connectivity index (χ1v) is 10.0. The van der Waals surface area contributed by atoms with Crippen molar-refractivity contribution in [2.75, 3.05) is 30.9 Å². The molecule has 0 bridgehead atoms. The van der Waals surface area contributed by atoms with Crippen molar-refractivity contribution in [3.8, 4) is 0 Å². The second kappa shape index (κ2) is 6.59. The summed E-state index contributed by atoms with van der Waals surface area (Å²) in [7, 11) is 2.17. The van der Waals surface area contributed by atoms with E-state index in [-0.39, 0.29) is 5.60 Å². The van der Waals surface area contributed by atoms with Gasteiger partial charge < -0.3 is 10.1 Å². The molecule has 0 aromatic carbocycles. The van der Waals surface area contributed by atoms with E-state index in [1.165, 1.54) is 55.8 Å². The summed E-state index contributed by atoms with van der Waals surface area (Å²) in [6, 6.07) is 0.694. The molecule has 110 valence electrons. The molecule has 1 N–H and O–H groups in total. The molecule has 0 aromatic heterocycles. The van der Waals surface area contributed by atoms with E-state index in [0.717, 1.165) is 17.8 Å². The van der Waals surface area contributed by atoms with Crippen LogP contribution in [0.1, 0.15) is 38.5 Å². The smallest absolute Gasteiger partial charge is 0.0685 e. The summed E-state index contributed by atoms with van der Waals surface area (Å²) >= 11 is 4.34. The lowest BCUT2D eigenvalue weighted by Crippen LogP contribution is -2.50. The van der Waals surface area contributed by atoms with Crippen LogP contribution in [0.4, 0.5) is 0 Å². The van der Waals surface area contributed by atoms with Gasteiger partial charge in [-0.25, -0.2) is 0 Å². The minimum Gasteiger partial charge on any atom is -0.375 e. The van der Waals surface area contributed by atoms with Crippen LogP contribution in [0.2, 0.25) is 0 Å². The van der Waals surface area contributed by atoms with Gasteiger partial charge in [0.25, 0.3) is 0 Å². The van der Waals surface area contributed by atoms with E-state index in [1.807, 2.05) is 0 Å². The van der Waals surface area contributed by atoms with Gasteiger partial charge in [0.1, 0.15) is 0 Å². The highest BCUT2D eigenvalue weighted by Crippen LogP contribution is 2.44. The Morgan fingerprint density at radius 3 is 2.79 bits per heavy atom. The summed E-state index contributed by atoms with van der Waals surface area (Å²) in [4.78, 5) is 0. The average molecular weight is 302 g/mol.